The van der Waals surface area contributed by atoms with Crippen LogP contribution in [0.5, 0.6) is 0 Å². The fourth-order valence-corrected chi connectivity index (χ4v) is 2.29. The molecule has 3 N–H and O–H groups in total. The third-order valence-corrected chi connectivity index (χ3v) is 3.40. The van der Waals surface area contributed by atoms with Gasteiger partial charge >= 0.3 is 6.03 Å². The van der Waals surface area contributed by atoms with E-state index in [1.165, 1.54) is 0 Å². The number of anilines is 1. The first-order valence-electron chi connectivity index (χ1n) is 7.29. The third-order valence-electron chi connectivity index (χ3n) is 3.40. The van der Waals surface area contributed by atoms with Gasteiger partial charge in [-0.15, -0.1) is 0 Å². The molecule has 1 atom stereocenters. The molecule has 1 saturated heterocycles. The zero-order valence-corrected chi connectivity index (χ0v) is 12.3. The molecule has 1 aliphatic heterocycles. The van der Waals surface area contributed by atoms with Crippen LogP contribution in [0.2, 0.25) is 0 Å². The molecule has 6 nitrogen and oxygen atoms in total. The summed E-state index contributed by atoms with van der Waals surface area (Å²) in [5.74, 6) is -0.0399. The summed E-state index contributed by atoms with van der Waals surface area (Å²) in [6.07, 6.45) is 0.939. The fourth-order valence-electron chi connectivity index (χ4n) is 2.29. The highest BCUT2D eigenvalue weighted by Gasteiger charge is 2.22. The SMILES string of the molecule is CC(NC(=O)Nc1ccccc1)C(=O)N1CCCNCC1. The summed E-state index contributed by atoms with van der Waals surface area (Å²) in [7, 11) is 0. The molecule has 0 spiro atoms. The molecule has 3 amide bonds. The Kier molecular flexibility index (Phi) is 5.57. The van der Waals surface area contributed by atoms with E-state index in [4.69, 9.17) is 0 Å². The molecule has 0 aliphatic carbocycles. The van der Waals surface area contributed by atoms with E-state index < -0.39 is 6.04 Å². The van der Waals surface area contributed by atoms with Gasteiger partial charge in [-0.2, -0.15) is 0 Å². The molecule has 1 aromatic carbocycles. The number of para-hydroxylation sites is 1. The second-order valence-corrected chi connectivity index (χ2v) is 5.12. The van der Waals surface area contributed by atoms with Crippen molar-refractivity contribution in [2.24, 2.45) is 0 Å². The van der Waals surface area contributed by atoms with Crippen molar-refractivity contribution in [1.82, 2.24) is 15.5 Å². The summed E-state index contributed by atoms with van der Waals surface area (Å²) in [5.41, 5.74) is 0.702. The van der Waals surface area contributed by atoms with E-state index in [0.717, 1.165) is 26.1 Å². The predicted octanol–water partition coefficient (Wildman–Crippen LogP) is 1.02. The molecule has 1 heterocycles. The maximum atomic E-state index is 12.3. The van der Waals surface area contributed by atoms with Gasteiger partial charge in [-0.1, -0.05) is 18.2 Å². The Bertz CT molecular complexity index is 470. The Morgan fingerprint density at radius 2 is 1.95 bits per heavy atom. The maximum absolute atomic E-state index is 12.3. The number of hydrogen-bond donors (Lipinski definition) is 3. The third kappa shape index (κ3) is 4.75. The van der Waals surface area contributed by atoms with Gasteiger partial charge in [-0.3, -0.25) is 4.79 Å². The second-order valence-electron chi connectivity index (χ2n) is 5.12. The van der Waals surface area contributed by atoms with Crippen LogP contribution < -0.4 is 16.0 Å². The Balaban J connectivity index is 1.83. The van der Waals surface area contributed by atoms with E-state index in [-0.39, 0.29) is 11.9 Å². The van der Waals surface area contributed by atoms with E-state index in [1.807, 2.05) is 18.2 Å². The number of carbonyl (C=O) groups excluding carboxylic acids is 2. The van der Waals surface area contributed by atoms with Gasteiger partial charge in [0.05, 0.1) is 0 Å². The van der Waals surface area contributed by atoms with Gasteiger partial charge in [0, 0.05) is 25.3 Å². The minimum absolute atomic E-state index is 0.0399. The van der Waals surface area contributed by atoms with Crippen LogP contribution in [0.3, 0.4) is 0 Å². The van der Waals surface area contributed by atoms with Crippen molar-refractivity contribution in [1.29, 1.82) is 0 Å². The number of rotatable bonds is 3. The molecule has 114 valence electrons. The molecular formula is C15H22N4O2. The lowest BCUT2D eigenvalue weighted by atomic mass is 10.2. The number of hydrogen-bond acceptors (Lipinski definition) is 3. The Hall–Kier alpha value is -2.08. The summed E-state index contributed by atoms with van der Waals surface area (Å²) >= 11 is 0. The predicted molar refractivity (Wildman–Crippen MR) is 82.1 cm³/mol. The van der Waals surface area contributed by atoms with E-state index in [9.17, 15) is 9.59 Å². The van der Waals surface area contributed by atoms with Crippen molar-refractivity contribution in [2.45, 2.75) is 19.4 Å². The van der Waals surface area contributed by atoms with Crippen molar-refractivity contribution < 1.29 is 9.59 Å². The lowest BCUT2D eigenvalue weighted by Gasteiger charge is -2.24. The molecular weight excluding hydrogens is 268 g/mol. The van der Waals surface area contributed by atoms with Gasteiger partial charge < -0.3 is 20.9 Å². The van der Waals surface area contributed by atoms with Crippen LogP contribution in [0.15, 0.2) is 30.3 Å². The molecule has 1 aliphatic rings. The second kappa shape index (κ2) is 7.64. The summed E-state index contributed by atoms with van der Waals surface area (Å²) < 4.78 is 0. The molecule has 1 unspecified atom stereocenters. The lowest BCUT2D eigenvalue weighted by molar-refractivity contribution is -0.132. The monoisotopic (exact) mass is 290 g/mol. The van der Waals surface area contributed by atoms with Gasteiger partial charge in [0.15, 0.2) is 0 Å². The van der Waals surface area contributed by atoms with E-state index in [2.05, 4.69) is 16.0 Å². The van der Waals surface area contributed by atoms with Crippen LogP contribution in [0.1, 0.15) is 13.3 Å². The van der Waals surface area contributed by atoms with Gasteiger partial charge in [0.2, 0.25) is 5.91 Å². The smallest absolute Gasteiger partial charge is 0.319 e. The zero-order chi connectivity index (χ0) is 15.1. The van der Waals surface area contributed by atoms with Gasteiger partial charge in [0.25, 0.3) is 0 Å². The Labute approximate surface area is 124 Å². The first-order chi connectivity index (χ1) is 10.2. The number of nitrogens with zero attached hydrogens (tertiary/aromatic N) is 1. The molecule has 6 heteroatoms. The molecule has 2 rings (SSSR count). The lowest BCUT2D eigenvalue weighted by Crippen LogP contribution is -2.49. The van der Waals surface area contributed by atoms with Crippen molar-refractivity contribution in [3.8, 4) is 0 Å². The number of amides is 3. The molecule has 0 bridgehead atoms. The maximum Gasteiger partial charge on any atom is 0.319 e. The quantitative estimate of drug-likeness (QED) is 0.778. The summed E-state index contributed by atoms with van der Waals surface area (Å²) in [4.78, 5) is 26.0. The summed E-state index contributed by atoms with van der Waals surface area (Å²) in [6, 6.07) is 8.26. The summed E-state index contributed by atoms with van der Waals surface area (Å²) in [5, 5.41) is 8.64. The average Bonchev–Trinajstić information content (AvgIpc) is 2.76. The van der Waals surface area contributed by atoms with Gasteiger partial charge in [0.1, 0.15) is 6.04 Å². The largest absolute Gasteiger partial charge is 0.340 e. The average molecular weight is 290 g/mol. The Morgan fingerprint density at radius 1 is 1.19 bits per heavy atom. The number of nitrogens with one attached hydrogen (secondary N) is 3. The zero-order valence-electron chi connectivity index (χ0n) is 12.3. The van der Waals surface area contributed by atoms with E-state index >= 15 is 0 Å². The van der Waals surface area contributed by atoms with E-state index in [1.54, 1.807) is 24.0 Å². The molecule has 21 heavy (non-hydrogen) atoms. The molecule has 0 aromatic heterocycles. The van der Waals surface area contributed by atoms with Crippen LogP contribution in [0.4, 0.5) is 10.5 Å². The van der Waals surface area contributed by atoms with Crippen LogP contribution in [0, 0.1) is 0 Å². The Morgan fingerprint density at radius 3 is 2.71 bits per heavy atom. The molecule has 0 radical (unpaired) electrons. The van der Waals surface area contributed by atoms with Crippen molar-refractivity contribution >= 4 is 17.6 Å². The van der Waals surface area contributed by atoms with Crippen LogP contribution >= 0.6 is 0 Å². The molecule has 1 fully saturated rings. The first-order valence-corrected chi connectivity index (χ1v) is 7.29. The number of urea groups is 1. The highest BCUT2D eigenvalue weighted by atomic mass is 16.2. The standard InChI is InChI=1S/C15H22N4O2/c1-12(14(20)19-10-5-8-16-9-11-19)17-15(21)18-13-6-3-2-4-7-13/h2-4,6-7,12,16H,5,8-11H2,1H3,(H2,17,18,21). The summed E-state index contributed by atoms with van der Waals surface area (Å²) in [6.45, 7) is 4.86. The molecule has 1 aromatic rings. The molecule has 0 saturated carbocycles. The minimum atomic E-state index is -0.535. The highest BCUT2D eigenvalue weighted by Crippen LogP contribution is 2.05. The first kappa shape index (κ1) is 15.3. The van der Waals surface area contributed by atoms with Crippen LogP contribution in [0.25, 0.3) is 0 Å². The van der Waals surface area contributed by atoms with E-state index in [0.29, 0.717) is 12.2 Å². The highest BCUT2D eigenvalue weighted by molar-refractivity contribution is 5.93. The minimum Gasteiger partial charge on any atom is -0.340 e. The fraction of sp³-hybridized carbons (Fsp3) is 0.467. The van der Waals surface area contributed by atoms with Gasteiger partial charge in [-0.05, 0) is 32.0 Å². The van der Waals surface area contributed by atoms with Crippen molar-refractivity contribution in [3.05, 3.63) is 30.3 Å². The normalized spacial score (nSPS) is 16.7. The number of carbonyl (C=O) groups is 2. The van der Waals surface area contributed by atoms with Gasteiger partial charge in [-0.25, -0.2) is 4.79 Å². The topological polar surface area (TPSA) is 73.5 Å². The van der Waals surface area contributed by atoms with Crippen LogP contribution in [-0.4, -0.2) is 49.1 Å². The van der Waals surface area contributed by atoms with Crippen LogP contribution in [-0.2, 0) is 4.79 Å². The van der Waals surface area contributed by atoms with Crippen molar-refractivity contribution in [2.75, 3.05) is 31.5 Å². The number of benzene rings is 1. The van der Waals surface area contributed by atoms with Crippen molar-refractivity contribution in [3.63, 3.8) is 0 Å².